The summed E-state index contributed by atoms with van der Waals surface area (Å²) in [5, 5.41) is 1.65. The smallest absolute Gasteiger partial charge is 0.366 e. The van der Waals surface area contributed by atoms with E-state index in [0.29, 0.717) is 18.7 Å². The van der Waals surface area contributed by atoms with Crippen molar-refractivity contribution in [2.24, 2.45) is 0 Å². The van der Waals surface area contributed by atoms with E-state index in [1.165, 1.54) is 0 Å². The Labute approximate surface area is 129 Å². The summed E-state index contributed by atoms with van der Waals surface area (Å²) >= 11 is 0. The van der Waals surface area contributed by atoms with Gasteiger partial charge in [-0.05, 0) is 19.2 Å². The third-order valence-electron chi connectivity index (χ3n) is 3.46. The van der Waals surface area contributed by atoms with E-state index in [0.717, 1.165) is 6.07 Å². The highest BCUT2D eigenvalue weighted by molar-refractivity contribution is 5.81. The topological polar surface area (TPSA) is 41.6 Å². The zero-order chi connectivity index (χ0) is 17.2. The number of amides is 1. The average molecular weight is 338 g/mol. The maximum atomic E-state index is 13.7. The van der Waals surface area contributed by atoms with Crippen LogP contribution in [0.5, 0.6) is 0 Å². The van der Waals surface area contributed by atoms with Crippen LogP contribution < -0.4 is 5.32 Å². The molecule has 1 N–H and O–H groups in total. The number of nitrogens with one attached hydrogen (secondary N) is 1. The summed E-state index contributed by atoms with van der Waals surface area (Å²) in [6.07, 6.45) is -6.19. The molecule has 0 spiro atoms. The minimum Gasteiger partial charge on any atom is -0.366 e. The molecule has 1 heterocycles. The standard InChI is InChI=1S/C14H15F5N2O2/c1-21-5-6-23-10(7-21)13(22)20-12(14(17,18)19)11-8(15)3-2-4-9(11)16/h2-4,10,12H,5-7H2,1H3,(H,20,22)/t10-,12+/m1/s1. The fourth-order valence-electron chi connectivity index (χ4n) is 2.28. The highest BCUT2D eigenvalue weighted by Gasteiger charge is 2.45. The third kappa shape index (κ3) is 4.17. The van der Waals surface area contributed by atoms with E-state index in [2.05, 4.69) is 0 Å². The SMILES string of the molecule is CN1CCO[C@@H](C(=O)N[C@@H](c2c(F)cccc2F)C(F)(F)F)C1. The molecular formula is C14H15F5N2O2. The van der Waals surface area contributed by atoms with Gasteiger partial charge in [0, 0.05) is 13.1 Å². The second kappa shape index (κ2) is 6.79. The van der Waals surface area contributed by atoms with Gasteiger partial charge in [0.1, 0.15) is 17.7 Å². The van der Waals surface area contributed by atoms with E-state index in [9.17, 15) is 26.7 Å². The van der Waals surface area contributed by atoms with Crippen molar-refractivity contribution in [3.8, 4) is 0 Å². The second-order valence-corrected chi connectivity index (χ2v) is 5.24. The summed E-state index contributed by atoms with van der Waals surface area (Å²) in [7, 11) is 1.68. The number of carbonyl (C=O) groups is 1. The fraction of sp³-hybridized carbons (Fsp3) is 0.500. The van der Waals surface area contributed by atoms with Crippen LogP contribution in [0.15, 0.2) is 18.2 Å². The number of alkyl halides is 3. The maximum Gasteiger partial charge on any atom is 0.413 e. The lowest BCUT2D eigenvalue weighted by molar-refractivity contribution is -0.169. The molecule has 4 nitrogen and oxygen atoms in total. The lowest BCUT2D eigenvalue weighted by Gasteiger charge is -2.31. The summed E-state index contributed by atoms with van der Waals surface area (Å²) in [6, 6.07) is -0.433. The number of carbonyl (C=O) groups excluding carboxylic acids is 1. The van der Waals surface area contributed by atoms with E-state index < -0.39 is 41.4 Å². The first-order chi connectivity index (χ1) is 10.7. The van der Waals surface area contributed by atoms with Gasteiger partial charge < -0.3 is 15.0 Å². The predicted octanol–water partition coefficient (Wildman–Crippen LogP) is 2.01. The van der Waals surface area contributed by atoms with Gasteiger partial charge in [-0.15, -0.1) is 0 Å². The van der Waals surface area contributed by atoms with Gasteiger partial charge in [-0.2, -0.15) is 13.2 Å². The molecule has 0 saturated carbocycles. The predicted molar refractivity (Wildman–Crippen MR) is 70.5 cm³/mol. The Morgan fingerprint density at radius 2 is 1.96 bits per heavy atom. The number of hydrogen-bond donors (Lipinski definition) is 1. The van der Waals surface area contributed by atoms with Crippen LogP contribution in [-0.4, -0.2) is 49.8 Å². The number of ether oxygens (including phenoxy) is 1. The molecule has 9 heteroatoms. The maximum absolute atomic E-state index is 13.7. The molecule has 0 aromatic heterocycles. The van der Waals surface area contributed by atoms with Crippen LogP contribution in [-0.2, 0) is 9.53 Å². The first kappa shape index (κ1) is 17.6. The van der Waals surface area contributed by atoms with Gasteiger partial charge in [0.05, 0.1) is 12.2 Å². The molecule has 128 valence electrons. The molecule has 1 aromatic carbocycles. The van der Waals surface area contributed by atoms with Gasteiger partial charge in [-0.1, -0.05) is 6.07 Å². The van der Waals surface area contributed by atoms with Crippen molar-refractivity contribution in [2.75, 3.05) is 26.7 Å². The lowest BCUT2D eigenvalue weighted by atomic mass is 10.0. The second-order valence-electron chi connectivity index (χ2n) is 5.24. The van der Waals surface area contributed by atoms with Crippen LogP contribution in [0.3, 0.4) is 0 Å². The molecule has 1 aromatic rings. The van der Waals surface area contributed by atoms with Crippen LogP contribution in [0.25, 0.3) is 0 Å². The Hall–Kier alpha value is -1.74. The molecule has 1 amide bonds. The number of benzene rings is 1. The minimum atomic E-state index is -5.06. The van der Waals surface area contributed by atoms with E-state index in [4.69, 9.17) is 4.74 Å². The quantitative estimate of drug-likeness (QED) is 0.858. The van der Waals surface area contributed by atoms with E-state index >= 15 is 0 Å². The van der Waals surface area contributed by atoms with Crippen molar-refractivity contribution >= 4 is 5.91 Å². The monoisotopic (exact) mass is 338 g/mol. The van der Waals surface area contributed by atoms with Gasteiger partial charge in [-0.25, -0.2) is 8.78 Å². The Morgan fingerprint density at radius 3 is 2.48 bits per heavy atom. The summed E-state index contributed by atoms with van der Waals surface area (Å²) < 4.78 is 71.9. The zero-order valence-electron chi connectivity index (χ0n) is 12.2. The van der Waals surface area contributed by atoms with Crippen molar-refractivity contribution in [2.45, 2.75) is 18.3 Å². The first-order valence-electron chi connectivity index (χ1n) is 6.81. The summed E-state index contributed by atoms with van der Waals surface area (Å²) in [4.78, 5) is 13.7. The van der Waals surface area contributed by atoms with E-state index in [-0.39, 0.29) is 13.2 Å². The van der Waals surface area contributed by atoms with Gasteiger partial charge in [0.25, 0.3) is 5.91 Å². The van der Waals surface area contributed by atoms with Crippen molar-refractivity contribution in [3.05, 3.63) is 35.4 Å². The lowest BCUT2D eigenvalue weighted by Crippen LogP contribution is -2.51. The number of hydrogen-bond acceptors (Lipinski definition) is 3. The molecular weight excluding hydrogens is 323 g/mol. The van der Waals surface area contributed by atoms with Gasteiger partial charge >= 0.3 is 6.18 Å². The zero-order valence-corrected chi connectivity index (χ0v) is 12.2. The van der Waals surface area contributed by atoms with Crippen molar-refractivity contribution in [1.82, 2.24) is 10.2 Å². The van der Waals surface area contributed by atoms with Crippen molar-refractivity contribution in [1.29, 1.82) is 0 Å². The van der Waals surface area contributed by atoms with Crippen LogP contribution >= 0.6 is 0 Å². The Morgan fingerprint density at radius 1 is 1.35 bits per heavy atom. The molecule has 0 aliphatic carbocycles. The number of rotatable bonds is 3. The largest absolute Gasteiger partial charge is 0.413 e. The highest BCUT2D eigenvalue weighted by Crippen LogP contribution is 2.35. The molecule has 2 atom stereocenters. The molecule has 1 fully saturated rings. The number of nitrogens with zero attached hydrogens (tertiary/aromatic N) is 1. The third-order valence-corrected chi connectivity index (χ3v) is 3.46. The van der Waals surface area contributed by atoms with Crippen LogP contribution in [0.2, 0.25) is 0 Å². The minimum absolute atomic E-state index is 0.0934. The van der Waals surface area contributed by atoms with Gasteiger partial charge in [-0.3, -0.25) is 4.79 Å². The number of morpholine rings is 1. The van der Waals surface area contributed by atoms with Crippen molar-refractivity contribution < 1.29 is 31.5 Å². The summed E-state index contributed by atoms with van der Waals surface area (Å²) in [6.45, 7) is 0.809. The van der Waals surface area contributed by atoms with Gasteiger partial charge in [0.15, 0.2) is 6.04 Å². The molecule has 0 bridgehead atoms. The Bertz CT molecular complexity index is 559. The Kier molecular flexibility index (Phi) is 5.20. The average Bonchev–Trinajstić information content (AvgIpc) is 2.44. The molecule has 1 aliphatic heterocycles. The molecule has 0 unspecified atom stereocenters. The molecule has 1 saturated heterocycles. The van der Waals surface area contributed by atoms with Crippen molar-refractivity contribution in [3.63, 3.8) is 0 Å². The fourth-order valence-corrected chi connectivity index (χ4v) is 2.28. The summed E-state index contributed by atoms with van der Waals surface area (Å²) in [5.74, 6) is -3.83. The first-order valence-corrected chi connectivity index (χ1v) is 6.81. The number of halogens is 5. The van der Waals surface area contributed by atoms with Crippen LogP contribution in [0.1, 0.15) is 11.6 Å². The highest BCUT2D eigenvalue weighted by atomic mass is 19.4. The molecule has 2 rings (SSSR count). The normalized spacial score (nSPS) is 21.0. The van der Waals surface area contributed by atoms with Gasteiger partial charge in [0.2, 0.25) is 0 Å². The van der Waals surface area contributed by atoms with Crippen LogP contribution in [0, 0.1) is 11.6 Å². The van der Waals surface area contributed by atoms with E-state index in [1.54, 1.807) is 17.3 Å². The molecule has 0 radical (unpaired) electrons. The number of likely N-dealkylation sites (N-methyl/N-ethyl adjacent to an activating group) is 1. The molecule has 23 heavy (non-hydrogen) atoms. The van der Waals surface area contributed by atoms with E-state index in [1.807, 2.05) is 0 Å². The van der Waals surface area contributed by atoms with Crippen LogP contribution in [0.4, 0.5) is 22.0 Å². The summed E-state index contributed by atoms with van der Waals surface area (Å²) in [5.41, 5.74) is -1.24. The molecule has 1 aliphatic rings. The Balaban J connectivity index is 2.25.